The van der Waals surface area contributed by atoms with Gasteiger partial charge in [-0.1, -0.05) is 30.3 Å². The molecule has 0 aliphatic heterocycles. The third-order valence-electron chi connectivity index (χ3n) is 4.82. The molecule has 0 spiro atoms. The molecule has 7 nitrogen and oxygen atoms in total. The molecule has 2 N–H and O–H groups in total. The zero-order valence-corrected chi connectivity index (χ0v) is 17.3. The fourth-order valence-electron chi connectivity index (χ4n) is 3.23. The summed E-state index contributed by atoms with van der Waals surface area (Å²) < 4.78 is 10.5. The van der Waals surface area contributed by atoms with Crippen LogP contribution in [0, 0.1) is 0 Å². The minimum Gasteiger partial charge on any atom is -0.497 e. The van der Waals surface area contributed by atoms with Gasteiger partial charge in [0, 0.05) is 23.6 Å². The number of hydrazone groups is 1. The van der Waals surface area contributed by atoms with E-state index in [0.29, 0.717) is 23.5 Å². The second-order valence-corrected chi connectivity index (χ2v) is 6.88. The van der Waals surface area contributed by atoms with E-state index < -0.39 is 0 Å². The molecule has 7 heteroatoms. The first kappa shape index (κ1) is 20.2. The highest BCUT2D eigenvalue weighted by atomic mass is 16.5. The molecule has 4 rings (SSSR count). The highest BCUT2D eigenvalue weighted by Gasteiger charge is 2.09. The zero-order valence-electron chi connectivity index (χ0n) is 17.3. The van der Waals surface area contributed by atoms with Gasteiger partial charge in [0.15, 0.2) is 0 Å². The van der Waals surface area contributed by atoms with Gasteiger partial charge >= 0.3 is 0 Å². The van der Waals surface area contributed by atoms with Crippen LogP contribution in [0.2, 0.25) is 0 Å². The molecule has 1 heterocycles. The van der Waals surface area contributed by atoms with Crippen LogP contribution < -0.4 is 14.9 Å². The van der Waals surface area contributed by atoms with E-state index in [0.717, 1.165) is 22.4 Å². The van der Waals surface area contributed by atoms with Gasteiger partial charge in [-0.15, -0.1) is 0 Å². The van der Waals surface area contributed by atoms with Crippen molar-refractivity contribution in [2.45, 2.75) is 6.42 Å². The number of H-pyrrole nitrogens is 1. The normalized spacial score (nSPS) is 11.0. The highest BCUT2D eigenvalue weighted by Crippen LogP contribution is 2.23. The quantitative estimate of drug-likeness (QED) is 0.354. The molecule has 31 heavy (non-hydrogen) atoms. The molecule has 0 aliphatic rings. The first-order chi connectivity index (χ1) is 15.2. The number of nitrogens with zero attached hydrogens (tertiary/aromatic N) is 2. The Kier molecular flexibility index (Phi) is 5.93. The lowest BCUT2D eigenvalue weighted by Gasteiger charge is -2.07. The Morgan fingerprint density at radius 2 is 1.90 bits per heavy atom. The monoisotopic (exact) mass is 414 g/mol. The second-order valence-electron chi connectivity index (χ2n) is 6.88. The van der Waals surface area contributed by atoms with Crippen LogP contribution >= 0.6 is 0 Å². The molecule has 0 atom stereocenters. The third-order valence-corrected chi connectivity index (χ3v) is 4.82. The molecule has 0 aliphatic carbocycles. The number of rotatable bonds is 7. The van der Waals surface area contributed by atoms with Crippen molar-refractivity contribution < 1.29 is 14.3 Å². The van der Waals surface area contributed by atoms with E-state index in [1.165, 1.54) is 11.8 Å². The Morgan fingerprint density at radius 3 is 2.68 bits per heavy atom. The number of carbonyl (C=O) groups is 1. The summed E-state index contributed by atoms with van der Waals surface area (Å²) in [4.78, 5) is 20.4. The van der Waals surface area contributed by atoms with Gasteiger partial charge in [-0.2, -0.15) is 5.10 Å². The number of fused-ring (bicyclic) bond motifs is 1. The van der Waals surface area contributed by atoms with Gasteiger partial charge < -0.3 is 14.5 Å². The molecule has 3 aromatic carbocycles. The maximum atomic E-state index is 12.5. The van der Waals surface area contributed by atoms with E-state index in [9.17, 15) is 4.79 Å². The Labute approximate surface area is 179 Å². The number of ether oxygens (including phenoxy) is 2. The van der Waals surface area contributed by atoms with Crippen LogP contribution in [0.4, 0.5) is 0 Å². The molecular weight excluding hydrogens is 392 g/mol. The molecule has 156 valence electrons. The van der Waals surface area contributed by atoms with Gasteiger partial charge in [0.25, 0.3) is 5.91 Å². The minimum absolute atomic E-state index is 0.315. The summed E-state index contributed by atoms with van der Waals surface area (Å²) in [7, 11) is 3.15. The smallest absolute Gasteiger partial charge is 0.271 e. The Balaban J connectivity index is 1.46. The average molecular weight is 414 g/mol. The van der Waals surface area contributed by atoms with Crippen LogP contribution in [-0.4, -0.2) is 36.3 Å². The van der Waals surface area contributed by atoms with Gasteiger partial charge in [0.1, 0.15) is 17.3 Å². The number of methoxy groups -OCH3 is 2. The average Bonchev–Trinajstić information content (AvgIpc) is 3.21. The Hall–Kier alpha value is -4.13. The van der Waals surface area contributed by atoms with Crippen molar-refractivity contribution in [1.82, 2.24) is 15.4 Å². The fraction of sp³-hybridized carbons (Fsp3) is 0.125. The number of amides is 1. The van der Waals surface area contributed by atoms with Crippen molar-refractivity contribution in [3.63, 3.8) is 0 Å². The first-order valence-corrected chi connectivity index (χ1v) is 9.74. The van der Waals surface area contributed by atoms with Crippen molar-refractivity contribution in [1.29, 1.82) is 0 Å². The first-order valence-electron chi connectivity index (χ1n) is 9.74. The highest BCUT2D eigenvalue weighted by molar-refractivity contribution is 5.98. The summed E-state index contributed by atoms with van der Waals surface area (Å²) in [5.41, 5.74) is 6.54. The van der Waals surface area contributed by atoms with E-state index >= 15 is 0 Å². The summed E-state index contributed by atoms with van der Waals surface area (Å²) >= 11 is 0. The molecule has 1 aromatic heterocycles. The molecule has 0 saturated heterocycles. The summed E-state index contributed by atoms with van der Waals surface area (Å²) in [5, 5.41) is 4.05. The minimum atomic E-state index is -0.315. The number of aromatic amines is 1. The molecule has 0 bridgehead atoms. The van der Waals surface area contributed by atoms with Crippen LogP contribution in [0.25, 0.3) is 11.0 Å². The SMILES string of the molecule is COc1ccc(/C=N\NC(=O)c2ccc3nc(Cc4ccccc4)[nH]c3c2)c(OC)c1. The molecule has 0 unspecified atom stereocenters. The molecule has 4 aromatic rings. The van der Waals surface area contributed by atoms with Crippen molar-refractivity contribution in [3.05, 3.63) is 89.2 Å². The van der Waals surface area contributed by atoms with E-state index in [1.807, 2.05) is 24.3 Å². The van der Waals surface area contributed by atoms with Gasteiger partial charge in [0.05, 0.1) is 31.5 Å². The van der Waals surface area contributed by atoms with E-state index in [-0.39, 0.29) is 5.91 Å². The van der Waals surface area contributed by atoms with E-state index in [2.05, 4.69) is 32.6 Å². The number of aromatic nitrogens is 2. The van der Waals surface area contributed by atoms with Crippen LogP contribution in [0.15, 0.2) is 71.8 Å². The number of imidazole rings is 1. The number of hydrogen-bond acceptors (Lipinski definition) is 5. The van der Waals surface area contributed by atoms with Crippen LogP contribution in [0.5, 0.6) is 11.5 Å². The second kappa shape index (κ2) is 9.13. The van der Waals surface area contributed by atoms with Gasteiger partial charge in [0.2, 0.25) is 0 Å². The number of carbonyl (C=O) groups excluding carboxylic acids is 1. The maximum absolute atomic E-state index is 12.5. The summed E-state index contributed by atoms with van der Waals surface area (Å²) in [5.74, 6) is 1.81. The Bertz CT molecular complexity index is 1230. The molecule has 0 fully saturated rings. The molecule has 0 saturated carbocycles. The maximum Gasteiger partial charge on any atom is 0.271 e. The van der Waals surface area contributed by atoms with Gasteiger partial charge in [-0.25, -0.2) is 10.4 Å². The lowest BCUT2D eigenvalue weighted by molar-refractivity contribution is 0.0955. The van der Waals surface area contributed by atoms with Crippen molar-refractivity contribution in [2.24, 2.45) is 5.10 Å². The molecule has 0 radical (unpaired) electrons. The molecule has 1 amide bonds. The van der Waals surface area contributed by atoms with Crippen molar-refractivity contribution >= 4 is 23.2 Å². The van der Waals surface area contributed by atoms with Crippen LogP contribution in [0.1, 0.15) is 27.3 Å². The zero-order chi connectivity index (χ0) is 21.6. The van der Waals surface area contributed by atoms with Crippen LogP contribution in [0.3, 0.4) is 0 Å². The van der Waals surface area contributed by atoms with E-state index in [4.69, 9.17) is 9.47 Å². The fourth-order valence-corrected chi connectivity index (χ4v) is 3.23. The van der Waals surface area contributed by atoms with Gasteiger partial charge in [-0.3, -0.25) is 4.79 Å². The Morgan fingerprint density at radius 1 is 1.06 bits per heavy atom. The standard InChI is InChI=1S/C24H22N4O3/c1-30-19-10-8-18(22(14-19)31-2)15-25-28-24(29)17-9-11-20-21(13-17)27-23(26-20)12-16-6-4-3-5-7-16/h3-11,13-15H,12H2,1-2H3,(H,26,27)(H,28,29)/b25-15-. The van der Waals surface area contributed by atoms with Crippen LogP contribution in [-0.2, 0) is 6.42 Å². The third kappa shape index (κ3) is 4.72. The lowest BCUT2D eigenvalue weighted by atomic mass is 10.1. The number of benzene rings is 3. The number of nitrogens with one attached hydrogen (secondary N) is 2. The van der Waals surface area contributed by atoms with Crippen molar-refractivity contribution in [3.8, 4) is 11.5 Å². The summed E-state index contributed by atoms with van der Waals surface area (Å²) in [6.07, 6.45) is 2.23. The largest absolute Gasteiger partial charge is 0.497 e. The summed E-state index contributed by atoms with van der Waals surface area (Å²) in [6, 6.07) is 20.8. The number of hydrogen-bond donors (Lipinski definition) is 2. The van der Waals surface area contributed by atoms with E-state index in [1.54, 1.807) is 44.6 Å². The topological polar surface area (TPSA) is 88.6 Å². The van der Waals surface area contributed by atoms with Gasteiger partial charge in [-0.05, 0) is 35.9 Å². The predicted molar refractivity (Wildman–Crippen MR) is 120 cm³/mol. The lowest BCUT2D eigenvalue weighted by Crippen LogP contribution is -2.17. The summed E-state index contributed by atoms with van der Waals surface area (Å²) in [6.45, 7) is 0. The van der Waals surface area contributed by atoms with Crippen molar-refractivity contribution in [2.75, 3.05) is 14.2 Å². The predicted octanol–water partition coefficient (Wildman–Crippen LogP) is 3.93. The molecular formula is C24H22N4O3.